The lowest BCUT2D eigenvalue weighted by Gasteiger charge is -2.21. The number of halogens is 1. The molecule has 2 heterocycles. The van der Waals surface area contributed by atoms with Gasteiger partial charge in [-0.05, 0) is 52.5 Å². The van der Waals surface area contributed by atoms with E-state index in [4.69, 9.17) is 4.74 Å². The summed E-state index contributed by atoms with van der Waals surface area (Å²) in [5.74, 6) is 0.373. The molecule has 1 atom stereocenters. The first-order chi connectivity index (χ1) is 11.6. The van der Waals surface area contributed by atoms with Crippen LogP contribution in [0.2, 0.25) is 0 Å². The van der Waals surface area contributed by atoms with E-state index in [1.54, 1.807) is 6.07 Å². The quantitative estimate of drug-likeness (QED) is 0.777. The highest BCUT2D eigenvalue weighted by molar-refractivity contribution is 9.11. The summed E-state index contributed by atoms with van der Waals surface area (Å²) in [5, 5.41) is 4.91. The average Bonchev–Trinajstić information content (AvgIpc) is 3.02. The molecule has 0 bridgehead atoms. The number of ether oxygens (including phenoxy) is 1. The molecule has 24 heavy (non-hydrogen) atoms. The molecule has 1 aromatic carbocycles. The summed E-state index contributed by atoms with van der Waals surface area (Å²) < 4.78 is 18.7. The molecule has 0 radical (unpaired) electrons. The van der Waals surface area contributed by atoms with Crippen molar-refractivity contribution in [3.05, 3.63) is 50.6 Å². The van der Waals surface area contributed by atoms with E-state index in [0.29, 0.717) is 24.5 Å². The zero-order chi connectivity index (χ0) is 16.9. The van der Waals surface area contributed by atoms with Gasteiger partial charge in [-0.2, -0.15) is 0 Å². The highest BCUT2D eigenvalue weighted by atomic mass is 79.9. The summed E-state index contributed by atoms with van der Waals surface area (Å²) in [4.78, 5) is 12.2. The number of rotatable bonds is 5. The fourth-order valence-electron chi connectivity index (χ4n) is 2.59. The van der Waals surface area contributed by atoms with Crippen LogP contribution in [0, 0.1) is 0 Å². The van der Waals surface area contributed by atoms with E-state index in [1.807, 2.05) is 29.6 Å². The van der Waals surface area contributed by atoms with E-state index in [0.717, 1.165) is 27.9 Å². The van der Waals surface area contributed by atoms with Gasteiger partial charge in [-0.1, -0.05) is 12.1 Å². The van der Waals surface area contributed by atoms with Gasteiger partial charge in [0.25, 0.3) is 5.91 Å². The van der Waals surface area contributed by atoms with Crippen LogP contribution in [-0.4, -0.2) is 28.6 Å². The maximum absolute atomic E-state index is 12.5. The fraction of sp³-hybridized carbons (Fsp3) is 0.353. The number of amides is 1. The zero-order valence-electron chi connectivity index (χ0n) is 13.0. The van der Waals surface area contributed by atoms with Crippen LogP contribution in [0.5, 0.6) is 0 Å². The molecule has 1 saturated heterocycles. The molecule has 0 spiro atoms. The predicted molar refractivity (Wildman–Crippen MR) is 102 cm³/mol. The molecule has 1 aromatic heterocycles. The molecular formula is C17H18BrNO3S2. The Balaban J connectivity index is 1.63. The summed E-state index contributed by atoms with van der Waals surface area (Å²) in [6.07, 6.45) is 1.71. The molecule has 1 aliphatic heterocycles. The van der Waals surface area contributed by atoms with E-state index >= 15 is 0 Å². The van der Waals surface area contributed by atoms with Crippen molar-refractivity contribution in [1.29, 1.82) is 0 Å². The van der Waals surface area contributed by atoms with Gasteiger partial charge in [-0.25, -0.2) is 0 Å². The Labute approximate surface area is 156 Å². The molecule has 1 amide bonds. The summed E-state index contributed by atoms with van der Waals surface area (Å²) >= 11 is 4.83. The zero-order valence-corrected chi connectivity index (χ0v) is 16.2. The highest BCUT2D eigenvalue weighted by Gasteiger charge is 2.20. The fourth-order valence-corrected chi connectivity index (χ4v) is 5.19. The predicted octanol–water partition coefficient (Wildman–Crippen LogP) is 4.19. The van der Waals surface area contributed by atoms with E-state index in [-0.39, 0.29) is 11.2 Å². The van der Waals surface area contributed by atoms with Gasteiger partial charge in [0.1, 0.15) is 0 Å². The number of carbonyl (C=O) groups excluding carboxylic acids is 1. The van der Waals surface area contributed by atoms with Crippen LogP contribution in [-0.2, 0) is 21.3 Å². The second-order valence-corrected chi connectivity index (χ2v) is 9.64. The van der Waals surface area contributed by atoms with Crippen molar-refractivity contribution in [1.82, 2.24) is 0 Å². The third-order valence-corrected chi connectivity index (χ3v) is 7.20. The van der Waals surface area contributed by atoms with Crippen LogP contribution in [0.1, 0.15) is 28.8 Å². The number of benzene rings is 1. The van der Waals surface area contributed by atoms with Crippen molar-refractivity contribution in [3.8, 4) is 0 Å². The first-order valence-electron chi connectivity index (χ1n) is 7.71. The molecule has 1 unspecified atom stereocenters. The van der Waals surface area contributed by atoms with Gasteiger partial charge in [-0.15, -0.1) is 11.3 Å². The minimum absolute atomic E-state index is 0.139. The summed E-state index contributed by atoms with van der Waals surface area (Å²) in [5.41, 5.74) is 2.33. The van der Waals surface area contributed by atoms with Gasteiger partial charge in [0.15, 0.2) is 0 Å². The number of nitrogens with one attached hydrogen (secondary N) is 1. The first-order valence-corrected chi connectivity index (χ1v) is 10.8. The van der Waals surface area contributed by atoms with Gasteiger partial charge in [-0.3, -0.25) is 9.00 Å². The number of hydrogen-bond acceptors (Lipinski definition) is 4. The molecule has 0 aliphatic carbocycles. The average molecular weight is 428 g/mol. The summed E-state index contributed by atoms with van der Waals surface area (Å²) in [6, 6.07) is 9.38. The molecule has 0 saturated carbocycles. The van der Waals surface area contributed by atoms with Crippen LogP contribution in [0.3, 0.4) is 0 Å². The van der Waals surface area contributed by atoms with Crippen LogP contribution >= 0.6 is 27.3 Å². The topological polar surface area (TPSA) is 55.4 Å². The maximum Gasteiger partial charge on any atom is 0.256 e. The normalized spacial score (nSPS) is 16.7. The lowest BCUT2D eigenvalue weighted by atomic mass is 10.2. The Morgan fingerprint density at radius 3 is 2.83 bits per heavy atom. The Hall–Kier alpha value is -1.02. The van der Waals surface area contributed by atoms with Gasteiger partial charge >= 0.3 is 0 Å². The van der Waals surface area contributed by atoms with Crippen LogP contribution in [0.4, 0.5) is 5.69 Å². The minimum Gasteiger partial charge on any atom is -0.381 e. The molecule has 7 heteroatoms. The summed E-state index contributed by atoms with van der Waals surface area (Å²) in [7, 11) is -0.908. The maximum atomic E-state index is 12.5. The number of hydrogen-bond donors (Lipinski definition) is 1. The van der Waals surface area contributed by atoms with Gasteiger partial charge < -0.3 is 10.1 Å². The molecule has 1 aliphatic rings. The Morgan fingerprint density at radius 2 is 2.12 bits per heavy atom. The van der Waals surface area contributed by atoms with Gasteiger partial charge in [0.2, 0.25) is 0 Å². The second-order valence-electron chi connectivity index (χ2n) is 5.63. The van der Waals surface area contributed by atoms with Crippen molar-refractivity contribution in [2.45, 2.75) is 23.8 Å². The molecule has 3 rings (SSSR count). The highest BCUT2D eigenvalue weighted by Crippen LogP contribution is 2.22. The molecular weight excluding hydrogens is 410 g/mol. The number of thiophene rings is 1. The molecule has 1 fully saturated rings. The molecule has 4 nitrogen and oxygen atoms in total. The molecule has 128 valence electrons. The van der Waals surface area contributed by atoms with Crippen molar-refractivity contribution >= 4 is 49.7 Å². The molecule has 1 N–H and O–H groups in total. The van der Waals surface area contributed by atoms with Gasteiger partial charge in [0, 0.05) is 46.1 Å². The summed E-state index contributed by atoms with van der Waals surface area (Å²) in [6.45, 7) is 1.39. The Bertz CT molecular complexity index is 741. The minimum atomic E-state index is -0.908. The van der Waals surface area contributed by atoms with Crippen molar-refractivity contribution in [3.63, 3.8) is 0 Å². The smallest absolute Gasteiger partial charge is 0.256 e. The van der Waals surface area contributed by atoms with E-state index < -0.39 is 10.8 Å². The van der Waals surface area contributed by atoms with E-state index in [2.05, 4.69) is 21.2 Å². The third kappa shape index (κ3) is 4.75. The third-order valence-electron chi connectivity index (χ3n) is 3.86. The number of anilines is 1. The SMILES string of the molecule is O=C(Nc1cccc(CS(=O)C2CCOCC2)c1)c1csc(Br)c1. The van der Waals surface area contributed by atoms with E-state index in [9.17, 15) is 9.00 Å². The first kappa shape index (κ1) is 17.8. The second kappa shape index (κ2) is 8.38. The molecule has 2 aromatic rings. The Kier molecular flexibility index (Phi) is 6.21. The van der Waals surface area contributed by atoms with Crippen molar-refractivity contribution in [2.75, 3.05) is 18.5 Å². The van der Waals surface area contributed by atoms with Crippen molar-refractivity contribution < 1.29 is 13.7 Å². The van der Waals surface area contributed by atoms with Crippen LogP contribution < -0.4 is 5.32 Å². The number of carbonyl (C=O) groups is 1. The monoisotopic (exact) mass is 427 g/mol. The van der Waals surface area contributed by atoms with Gasteiger partial charge in [0.05, 0.1) is 9.35 Å². The van der Waals surface area contributed by atoms with Crippen LogP contribution in [0.15, 0.2) is 39.5 Å². The standard InChI is InChI=1S/C17H18BrNO3S2/c18-16-9-13(10-23-16)17(20)19-14-3-1-2-12(8-14)11-24(21)15-4-6-22-7-5-15/h1-3,8-10,15H,4-7,11H2,(H,19,20). The van der Waals surface area contributed by atoms with Crippen molar-refractivity contribution in [2.24, 2.45) is 0 Å². The van der Waals surface area contributed by atoms with E-state index in [1.165, 1.54) is 11.3 Å². The lowest BCUT2D eigenvalue weighted by Crippen LogP contribution is -2.25. The Morgan fingerprint density at radius 1 is 1.33 bits per heavy atom. The van der Waals surface area contributed by atoms with Crippen LogP contribution in [0.25, 0.3) is 0 Å². The largest absolute Gasteiger partial charge is 0.381 e. The lowest BCUT2D eigenvalue weighted by molar-refractivity contribution is 0.0991.